The number of ether oxygens (including phenoxy) is 1. The van der Waals surface area contributed by atoms with Crippen LogP contribution in [-0.4, -0.2) is 26.4 Å². The fraction of sp³-hybridized carbons (Fsp3) is 0.294. The minimum Gasteiger partial charge on any atom is -0.495 e. The van der Waals surface area contributed by atoms with Crippen molar-refractivity contribution in [2.75, 3.05) is 13.7 Å². The van der Waals surface area contributed by atoms with Crippen LogP contribution >= 0.6 is 11.6 Å². The molecule has 1 aliphatic rings. The highest BCUT2D eigenvalue weighted by atomic mass is 35.5. The van der Waals surface area contributed by atoms with Crippen molar-refractivity contribution in [3.8, 4) is 5.75 Å². The molecule has 0 radical (unpaired) electrons. The predicted octanol–water partition coefficient (Wildman–Crippen LogP) is 4.01. The molecule has 7 heteroatoms. The van der Waals surface area contributed by atoms with E-state index in [2.05, 4.69) is 0 Å². The zero-order valence-electron chi connectivity index (χ0n) is 13.1. The van der Waals surface area contributed by atoms with Crippen molar-refractivity contribution in [2.45, 2.75) is 23.8 Å². The first-order chi connectivity index (χ1) is 11.4. The van der Waals surface area contributed by atoms with E-state index in [1.807, 2.05) is 0 Å². The number of benzene rings is 2. The van der Waals surface area contributed by atoms with E-state index in [1.54, 1.807) is 12.1 Å². The van der Waals surface area contributed by atoms with Gasteiger partial charge in [0.1, 0.15) is 11.6 Å². The van der Waals surface area contributed by atoms with Gasteiger partial charge in [-0.1, -0.05) is 23.7 Å². The summed E-state index contributed by atoms with van der Waals surface area (Å²) in [5.41, 5.74) is 0.789. The first-order valence-electron chi connectivity index (χ1n) is 7.54. The number of hydrogen-bond donors (Lipinski definition) is 0. The highest BCUT2D eigenvalue weighted by Gasteiger charge is 2.36. The maximum absolute atomic E-state index is 13.1. The molecule has 1 aliphatic heterocycles. The fourth-order valence-corrected chi connectivity index (χ4v) is 5.02. The third-order valence-corrected chi connectivity index (χ3v) is 6.39. The molecule has 4 nitrogen and oxygen atoms in total. The van der Waals surface area contributed by atoms with Gasteiger partial charge in [0.05, 0.1) is 23.1 Å². The predicted molar refractivity (Wildman–Crippen MR) is 90.3 cm³/mol. The largest absolute Gasteiger partial charge is 0.495 e. The van der Waals surface area contributed by atoms with E-state index >= 15 is 0 Å². The summed E-state index contributed by atoms with van der Waals surface area (Å²) in [6.45, 7) is 0.425. The van der Waals surface area contributed by atoms with E-state index in [4.69, 9.17) is 16.3 Å². The van der Waals surface area contributed by atoms with Gasteiger partial charge in [-0.05, 0) is 48.7 Å². The molecular formula is C17H17ClFNO3S. The molecule has 24 heavy (non-hydrogen) atoms. The third kappa shape index (κ3) is 3.14. The molecule has 0 N–H and O–H groups in total. The van der Waals surface area contributed by atoms with Gasteiger partial charge in [0.15, 0.2) is 0 Å². The van der Waals surface area contributed by atoms with Gasteiger partial charge in [-0.15, -0.1) is 0 Å². The Morgan fingerprint density at radius 2 is 1.92 bits per heavy atom. The second-order valence-corrected chi connectivity index (χ2v) is 7.92. The molecule has 3 rings (SSSR count). The van der Waals surface area contributed by atoms with E-state index in [-0.39, 0.29) is 21.8 Å². The Bertz CT molecular complexity index is 839. The van der Waals surface area contributed by atoms with Gasteiger partial charge in [-0.3, -0.25) is 0 Å². The van der Waals surface area contributed by atoms with Crippen molar-refractivity contribution in [1.82, 2.24) is 4.31 Å². The molecule has 0 aromatic heterocycles. The second kappa shape index (κ2) is 6.70. The molecule has 1 saturated heterocycles. The van der Waals surface area contributed by atoms with Crippen LogP contribution in [0.5, 0.6) is 5.75 Å². The van der Waals surface area contributed by atoms with E-state index < -0.39 is 10.0 Å². The van der Waals surface area contributed by atoms with Crippen molar-refractivity contribution < 1.29 is 17.5 Å². The average Bonchev–Trinajstić information content (AvgIpc) is 3.06. The maximum atomic E-state index is 13.1. The smallest absolute Gasteiger partial charge is 0.243 e. The lowest BCUT2D eigenvalue weighted by atomic mass is 10.1. The molecule has 2 aromatic carbocycles. The molecule has 0 aliphatic carbocycles. The van der Waals surface area contributed by atoms with E-state index in [9.17, 15) is 12.8 Å². The summed E-state index contributed by atoms with van der Waals surface area (Å²) in [7, 11) is -2.22. The van der Waals surface area contributed by atoms with Crippen LogP contribution in [0.2, 0.25) is 5.02 Å². The van der Waals surface area contributed by atoms with Gasteiger partial charge >= 0.3 is 0 Å². The molecular weight excluding hydrogens is 353 g/mol. The zero-order chi connectivity index (χ0) is 17.3. The third-order valence-electron chi connectivity index (χ3n) is 4.19. The summed E-state index contributed by atoms with van der Waals surface area (Å²) >= 11 is 6.06. The van der Waals surface area contributed by atoms with Gasteiger partial charge in [0.2, 0.25) is 10.0 Å². The van der Waals surface area contributed by atoms with E-state index in [0.29, 0.717) is 18.7 Å². The molecule has 1 fully saturated rings. The number of sulfonamides is 1. The van der Waals surface area contributed by atoms with Crippen LogP contribution in [0.15, 0.2) is 47.4 Å². The van der Waals surface area contributed by atoms with Crippen molar-refractivity contribution in [2.24, 2.45) is 0 Å². The normalized spacial score (nSPS) is 18.7. The maximum Gasteiger partial charge on any atom is 0.243 e. The standard InChI is InChI=1S/C17H17ClFNO3S/c1-23-17-9-8-14(11-15(17)18)24(21,22)20-10-2-3-16(20)12-4-6-13(19)7-5-12/h4-9,11,16H,2-3,10H2,1H3. The monoisotopic (exact) mass is 369 g/mol. The second-order valence-electron chi connectivity index (χ2n) is 5.62. The van der Waals surface area contributed by atoms with Crippen LogP contribution in [0.3, 0.4) is 0 Å². The molecule has 0 saturated carbocycles. The highest BCUT2D eigenvalue weighted by molar-refractivity contribution is 7.89. The summed E-state index contributed by atoms with van der Waals surface area (Å²) in [6, 6.07) is 10.1. The Balaban J connectivity index is 1.96. The molecule has 1 unspecified atom stereocenters. The summed E-state index contributed by atoms with van der Waals surface area (Å²) in [5, 5.41) is 0.246. The molecule has 0 amide bonds. The van der Waals surface area contributed by atoms with Crippen LogP contribution in [-0.2, 0) is 10.0 Å². The fourth-order valence-electron chi connectivity index (χ4n) is 2.99. The molecule has 0 spiro atoms. The van der Waals surface area contributed by atoms with Crippen molar-refractivity contribution in [3.63, 3.8) is 0 Å². The molecule has 1 heterocycles. The number of hydrogen-bond acceptors (Lipinski definition) is 3. The lowest BCUT2D eigenvalue weighted by Crippen LogP contribution is -2.30. The SMILES string of the molecule is COc1ccc(S(=O)(=O)N2CCCC2c2ccc(F)cc2)cc1Cl. The van der Waals surface area contributed by atoms with Gasteiger partial charge in [-0.25, -0.2) is 12.8 Å². The number of nitrogens with zero attached hydrogens (tertiary/aromatic N) is 1. The minimum absolute atomic E-state index is 0.127. The summed E-state index contributed by atoms with van der Waals surface area (Å²) < 4.78 is 45.6. The van der Waals surface area contributed by atoms with Crippen LogP contribution < -0.4 is 4.74 Å². The Hall–Kier alpha value is -1.63. The van der Waals surface area contributed by atoms with E-state index in [0.717, 1.165) is 12.0 Å². The summed E-state index contributed by atoms with van der Waals surface area (Å²) in [4.78, 5) is 0.127. The van der Waals surface area contributed by atoms with Crippen LogP contribution in [0, 0.1) is 5.82 Å². The van der Waals surface area contributed by atoms with Crippen molar-refractivity contribution >= 4 is 21.6 Å². The molecule has 1 atom stereocenters. The van der Waals surface area contributed by atoms with Gasteiger partial charge in [0.25, 0.3) is 0 Å². The number of halogens is 2. The summed E-state index contributed by atoms with van der Waals surface area (Å²) in [5.74, 6) is 0.0835. The Kier molecular flexibility index (Phi) is 4.80. The van der Waals surface area contributed by atoms with Crippen LogP contribution in [0.1, 0.15) is 24.4 Å². The van der Waals surface area contributed by atoms with Crippen LogP contribution in [0.4, 0.5) is 4.39 Å². The first-order valence-corrected chi connectivity index (χ1v) is 9.36. The molecule has 0 bridgehead atoms. The summed E-state index contributed by atoms with van der Waals surface area (Å²) in [6.07, 6.45) is 1.46. The molecule has 128 valence electrons. The first kappa shape index (κ1) is 17.2. The molecule has 2 aromatic rings. The lowest BCUT2D eigenvalue weighted by Gasteiger charge is -2.24. The highest BCUT2D eigenvalue weighted by Crippen LogP contribution is 2.37. The quantitative estimate of drug-likeness (QED) is 0.817. The number of rotatable bonds is 4. The number of methoxy groups -OCH3 is 1. The Labute approximate surface area is 145 Å². The van der Waals surface area contributed by atoms with Crippen molar-refractivity contribution in [3.05, 3.63) is 58.9 Å². The lowest BCUT2D eigenvalue weighted by molar-refractivity contribution is 0.396. The minimum atomic E-state index is -3.69. The van der Waals surface area contributed by atoms with Gasteiger partial charge in [0, 0.05) is 6.54 Å². The van der Waals surface area contributed by atoms with Gasteiger partial charge < -0.3 is 4.74 Å². The van der Waals surface area contributed by atoms with Gasteiger partial charge in [-0.2, -0.15) is 4.31 Å². The topological polar surface area (TPSA) is 46.6 Å². The zero-order valence-corrected chi connectivity index (χ0v) is 14.6. The van der Waals surface area contributed by atoms with E-state index in [1.165, 1.54) is 41.7 Å². The average molecular weight is 370 g/mol. The van der Waals surface area contributed by atoms with Crippen molar-refractivity contribution in [1.29, 1.82) is 0 Å². The van der Waals surface area contributed by atoms with Crippen LogP contribution in [0.25, 0.3) is 0 Å². The Morgan fingerprint density at radius 3 is 2.54 bits per heavy atom. The Morgan fingerprint density at radius 1 is 1.21 bits per heavy atom.